The molecule has 1 unspecified atom stereocenters. The van der Waals surface area contributed by atoms with Crippen LogP contribution in [-0.2, 0) is 9.53 Å². The predicted octanol–water partition coefficient (Wildman–Crippen LogP) is 4.47. The minimum atomic E-state index is -1.36. The molecular formula is C28H42O5. The van der Waals surface area contributed by atoms with Crippen molar-refractivity contribution in [3.63, 3.8) is 0 Å². The van der Waals surface area contributed by atoms with Crippen molar-refractivity contribution in [2.45, 2.75) is 96.4 Å². The van der Waals surface area contributed by atoms with E-state index >= 15 is 0 Å². The lowest BCUT2D eigenvalue weighted by Crippen LogP contribution is -2.45. The van der Waals surface area contributed by atoms with Crippen LogP contribution < -0.4 is 0 Å². The molecule has 0 aromatic rings. The second kappa shape index (κ2) is 9.31. The summed E-state index contributed by atoms with van der Waals surface area (Å²) in [5, 5.41) is 30.6. The van der Waals surface area contributed by atoms with E-state index in [-0.39, 0.29) is 11.3 Å². The van der Waals surface area contributed by atoms with E-state index in [2.05, 4.69) is 32.6 Å². The third-order valence-electron chi connectivity index (χ3n) is 9.27. The highest BCUT2D eigenvalue weighted by Crippen LogP contribution is 2.60. The van der Waals surface area contributed by atoms with Crippen molar-refractivity contribution in [1.82, 2.24) is 0 Å². The molecule has 5 nitrogen and oxygen atoms in total. The number of esters is 1. The topological polar surface area (TPSA) is 87.0 Å². The Morgan fingerprint density at radius 1 is 1.24 bits per heavy atom. The SMILES string of the molecule is C=C1C(=CC=C2CCC[C@@]3(C)C2CC[C@@H]3[C@H](C)C[C@H]2COC(=O)[C@](C)(O)C2)C[C@@H](O)C[C@@H]1O. The average Bonchev–Trinajstić information content (AvgIpc) is 3.09. The fourth-order valence-corrected chi connectivity index (χ4v) is 7.57. The molecule has 33 heavy (non-hydrogen) atoms. The van der Waals surface area contributed by atoms with Gasteiger partial charge < -0.3 is 20.1 Å². The highest BCUT2D eigenvalue weighted by molar-refractivity contribution is 5.79. The fraction of sp³-hybridized carbons (Fsp3) is 0.750. The van der Waals surface area contributed by atoms with Gasteiger partial charge in [0.2, 0.25) is 0 Å². The molecule has 0 radical (unpaired) electrons. The van der Waals surface area contributed by atoms with Gasteiger partial charge in [-0.2, -0.15) is 0 Å². The van der Waals surface area contributed by atoms with Crippen LogP contribution in [-0.4, -0.2) is 45.7 Å². The lowest BCUT2D eigenvalue weighted by Gasteiger charge is -2.45. The van der Waals surface area contributed by atoms with Gasteiger partial charge >= 0.3 is 5.97 Å². The van der Waals surface area contributed by atoms with Crippen molar-refractivity contribution in [3.8, 4) is 0 Å². The Bertz CT molecular complexity index is 839. The van der Waals surface area contributed by atoms with Crippen LogP contribution in [0.25, 0.3) is 0 Å². The van der Waals surface area contributed by atoms with Crippen LogP contribution in [0.15, 0.2) is 35.5 Å². The first-order valence-corrected chi connectivity index (χ1v) is 12.9. The molecule has 3 N–H and O–H groups in total. The molecule has 5 heteroatoms. The van der Waals surface area contributed by atoms with Gasteiger partial charge in [-0.3, -0.25) is 0 Å². The maximum atomic E-state index is 11.8. The number of aliphatic hydroxyl groups excluding tert-OH is 2. The Hall–Kier alpha value is -1.43. The van der Waals surface area contributed by atoms with Gasteiger partial charge in [-0.15, -0.1) is 0 Å². The number of hydrogen-bond donors (Lipinski definition) is 3. The number of ether oxygens (including phenoxy) is 1. The van der Waals surface area contributed by atoms with Crippen LogP contribution in [0, 0.1) is 29.1 Å². The smallest absolute Gasteiger partial charge is 0.337 e. The fourth-order valence-electron chi connectivity index (χ4n) is 7.57. The standard InChI is InChI=1S/C28H42O5/c1-17(12-19-15-28(4,32)26(31)33-16-19)23-9-10-24-20(6-5-11-27(23,24)3)7-8-21-13-22(29)14-25(30)18(21)2/h7-8,17,19,22-25,29-30,32H,2,5-6,9-16H2,1,3-4H3/t17-,19-,22-,23-,24?,25+,27-,28-/m1/s1. The number of carbonyl (C=O) groups is 1. The van der Waals surface area contributed by atoms with Crippen LogP contribution in [0.5, 0.6) is 0 Å². The van der Waals surface area contributed by atoms with Crippen molar-refractivity contribution >= 4 is 5.97 Å². The molecule has 1 aliphatic heterocycles. The molecule has 0 aromatic carbocycles. The van der Waals surface area contributed by atoms with Crippen molar-refractivity contribution in [1.29, 1.82) is 0 Å². The number of fused-ring (bicyclic) bond motifs is 1. The molecular weight excluding hydrogens is 416 g/mol. The Morgan fingerprint density at radius 3 is 2.73 bits per heavy atom. The first kappa shape index (κ1) is 24.7. The highest BCUT2D eigenvalue weighted by atomic mass is 16.6. The van der Waals surface area contributed by atoms with Crippen LogP contribution >= 0.6 is 0 Å². The summed E-state index contributed by atoms with van der Waals surface area (Å²) >= 11 is 0. The van der Waals surface area contributed by atoms with Crippen molar-refractivity contribution < 1.29 is 24.9 Å². The summed E-state index contributed by atoms with van der Waals surface area (Å²) in [7, 11) is 0. The van der Waals surface area contributed by atoms with Gasteiger partial charge in [0.15, 0.2) is 5.60 Å². The molecule has 1 heterocycles. The van der Waals surface area contributed by atoms with E-state index in [0.717, 1.165) is 24.0 Å². The third-order valence-corrected chi connectivity index (χ3v) is 9.27. The van der Waals surface area contributed by atoms with Crippen LogP contribution in [0.3, 0.4) is 0 Å². The van der Waals surface area contributed by atoms with E-state index < -0.39 is 23.8 Å². The monoisotopic (exact) mass is 458 g/mol. The lowest BCUT2D eigenvalue weighted by molar-refractivity contribution is -0.177. The van der Waals surface area contributed by atoms with Gasteiger partial charge in [0, 0.05) is 6.42 Å². The van der Waals surface area contributed by atoms with Crippen molar-refractivity contribution in [2.24, 2.45) is 29.1 Å². The molecule has 0 aromatic heterocycles. The number of aliphatic hydroxyl groups is 3. The molecule has 3 saturated carbocycles. The Labute approximate surface area is 198 Å². The Balaban J connectivity index is 1.46. The molecule has 8 atom stereocenters. The minimum Gasteiger partial charge on any atom is -0.463 e. The first-order chi connectivity index (χ1) is 15.5. The summed E-state index contributed by atoms with van der Waals surface area (Å²) in [6.45, 7) is 10.9. The molecule has 0 bridgehead atoms. The van der Waals surface area contributed by atoms with Gasteiger partial charge in [-0.25, -0.2) is 4.79 Å². The zero-order valence-electron chi connectivity index (χ0n) is 20.6. The second-order valence-corrected chi connectivity index (χ2v) is 11.8. The van der Waals surface area contributed by atoms with Gasteiger partial charge in [-0.1, -0.05) is 38.2 Å². The number of rotatable bonds is 4. The van der Waals surface area contributed by atoms with Gasteiger partial charge in [0.1, 0.15) is 0 Å². The predicted molar refractivity (Wildman–Crippen MR) is 128 cm³/mol. The maximum absolute atomic E-state index is 11.8. The first-order valence-electron chi connectivity index (χ1n) is 12.9. The molecule has 3 aliphatic carbocycles. The second-order valence-electron chi connectivity index (χ2n) is 11.8. The summed E-state index contributed by atoms with van der Waals surface area (Å²) < 4.78 is 5.28. The van der Waals surface area contributed by atoms with Gasteiger partial charge in [0.05, 0.1) is 18.8 Å². The molecule has 4 rings (SSSR count). The van der Waals surface area contributed by atoms with E-state index in [4.69, 9.17) is 4.74 Å². The van der Waals surface area contributed by atoms with Crippen LogP contribution in [0.4, 0.5) is 0 Å². The summed E-state index contributed by atoms with van der Waals surface area (Å²) in [4.78, 5) is 11.8. The van der Waals surface area contributed by atoms with E-state index in [1.165, 1.54) is 31.3 Å². The van der Waals surface area contributed by atoms with E-state index in [0.29, 0.717) is 43.6 Å². The lowest BCUT2D eigenvalue weighted by atomic mass is 9.60. The van der Waals surface area contributed by atoms with Crippen LogP contribution in [0.1, 0.15) is 78.6 Å². The van der Waals surface area contributed by atoms with Crippen molar-refractivity contribution in [3.05, 3.63) is 35.5 Å². The van der Waals surface area contributed by atoms with E-state index in [1.54, 1.807) is 6.92 Å². The largest absolute Gasteiger partial charge is 0.463 e. The molecule has 184 valence electrons. The van der Waals surface area contributed by atoms with E-state index in [1.807, 2.05) is 0 Å². The van der Waals surface area contributed by atoms with Crippen LogP contribution in [0.2, 0.25) is 0 Å². The maximum Gasteiger partial charge on any atom is 0.337 e. The quantitative estimate of drug-likeness (QED) is 0.541. The number of hydrogen-bond acceptors (Lipinski definition) is 5. The molecule has 0 amide bonds. The average molecular weight is 459 g/mol. The Morgan fingerprint density at radius 2 is 2.00 bits per heavy atom. The molecule has 4 fully saturated rings. The van der Waals surface area contributed by atoms with Gasteiger partial charge in [-0.05, 0) is 98.5 Å². The Kier molecular flexibility index (Phi) is 6.97. The summed E-state index contributed by atoms with van der Waals surface area (Å²) in [5.41, 5.74) is 2.13. The number of cyclic esters (lactones) is 1. The summed E-state index contributed by atoms with van der Waals surface area (Å²) in [6.07, 6.45) is 11.6. The zero-order chi connectivity index (χ0) is 24.0. The van der Waals surface area contributed by atoms with Gasteiger partial charge in [0.25, 0.3) is 0 Å². The van der Waals surface area contributed by atoms with Crippen molar-refractivity contribution in [2.75, 3.05) is 6.61 Å². The molecule has 0 spiro atoms. The summed E-state index contributed by atoms with van der Waals surface area (Å²) in [6, 6.07) is 0. The minimum absolute atomic E-state index is 0.217. The molecule has 1 saturated heterocycles. The third kappa shape index (κ3) is 4.87. The normalized spacial score (nSPS) is 45.2. The number of allylic oxidation sites excluding steroid dienone is 3. The number of carbonyl (C=O) groups excluding carboxylic acids is 1. The highest BCUT2D eigenvalue weighted by Gasteiger charge is 2.51. The molecule has 4 aliphatic rings. The summed E-state index contributed by atoms with van der Waals surface area (Å²) in [5.74, 6) is 1.42. The van der Waals surface area contributed by atoms with E-state index in [9.17, 15) is 20.1 Å². The zero-order valence-corrected chi connectivity index (χ0v) is 20.6.